The lowest BCUT2D eigenvalue weighted by atomic mass is 10.2. The summed E-state index contributed by atoms with van der Waals surface area (Å²) in [5.41, 5.74) is 0. The van der Waals surface area contributed by atoms with Crippen molar-refractivity contribution in [2.45, 2.75) is 38.9 Å². The van der Waals surface area contributed by atoms with Gasteiger partial charge in [-0.25, -0.2) is 0 Å². The second-order valence-corrected chi connectivity index (χ2v) is 6.69. The third-order valence-corrected chi connectivity index (χ3v) is 4.96. The van der Waals surface area contributed by atoms with Gasteiger partial charge in [0.25, 0.3) is 0 Å². The summed E-state index contributed by atoms with van der Waals surface area (Å²) in [6.07, 6.45) is 2.81. The molecule has 1 aliphatic carbocycles. The highest BCUT2D eigenvalue weighted by molar-refractivity contribution is 7.11. The molecule has 1 aliphatic rings. The summed E-state index contributed by atoms with van der Waals surface area (Å²) in [5.74, 6) is 0.911. The highest BCUT2D eigenvalue weighted by atomic mass is 32.1. The smallest absolute Gasteiger partial charge is 0.0589 e. The van der Waals surface area contributed by atoms with Crippen LogP contribution in [0.25, 0.3) is 0 Å². The molecular formula is C15H26N2OS. The molecule has 0 aliphatic heterocycles. The van der Waals surface area contributed by atoms with Gasteiger partial charge in [-0.15, -0.1) is 11.3 Å². The number of hydrogen-bond donors (Lipinski definition) is 1. The monoisotopic (exact) mass is 282 g/mol. The van der Waals surface area contributed by atoms with E-state index in [0.29, 0.717) is 6.04 Å². The van der Waals surface area contributed by atoms with Crippen LogP contribution in [-0.4, -0.2) is 38.3 Å². The minimum absolute atomic E-state index is 0.685. The minimum Gasteiger partial charge on any atom is -0.383 e. The van der Waals surface area contributed by atoms with E-state index in [1.807, 2.05) is 18.4 Å². The molecule has 19 heavy (non-hydrogen) atoms. The molecule has 1 atom stereocenters. The Bertz CT molecular complexity index is 376. The van der Waals surface area contributed by atoms with Crippen molar-refractivity contribution >= 4 is 11.3 Å². The highest BCUT2D eigenvalue weighted by Gasteiger charge is 2.31. The van der Waals surface area contributed by atoms with Crippen LogP contribution in [0.15, 0.2) is 12.1 Å². The van der Waals surface area contributed by atoms with Crippen LogP contribution in [0.3, 0.4) is 0 Å². The lowest BCUT2D eigenvalue weighted by Gasteiger charge is -2.28. The molecule has 1 saturated carbocycles. The third-order valence-electron chi connectivity index (χ3n) is 3.89. The second kappa shape index (κ2) is 7.39. The molecule has 108 valence electrons. The lowest BCUT2D eigenvalue weighted by Crippen LogP contribution is -2.36. The van der Waals surface area contributed by atoms with Crippen LogP contribution in [0.5, 0.6) is 0 Å². The Morgan fingerprint density at radius 1 is 1.42 bits per heavy atom. The molecule has 1 N–H and O–H groups in total. The Labute approximate surface area is 121 Å². The zero-order valence-electron chi connectivity index (χ0n) is 12.3. The quantitative estimate of drug-likeness (QED) is 0.754. The number of ether oxygens (including phenoxy) is 1. The predicted octanol–water partition coefficient (Wildman–Crippen LogP) is 2.71. The molecule has 0 bridgehead atoms. The van der Waals surface area contributed by atoms with E-state index in [-0.39, 0.29) is 0 Å². The Morgan fingerprint density at radius 2 is 2.16 bits per heavy atom. The fourth-order valence-corrected chi connectivity index (χ4v) is 3.54. The molecule has 0 amide bonds. The molecule has 1 fully saturated rings. The Kier molecular flexibility index (Phi) is 5.82. The van der Waals surface area contributed by atoms with Gasteiger partial charge in [-0.1, -0.05) is 0 Å². The standard InChI is InChI=1S/C15H26N2OS/c1-12(13-4-5-13)17(8-9-18-3)11-15-7-6-14(19-15)10-16-2/h6-7,12-13,16H,4-5,8-11H2,1-3H3. The van der Waals surface area contributed by atoms with Crippen molar-refractivity contribution in [2.24, 2.45) is 5.92 Å². The van der Waals surface area contributed by atoms with Gasteiger partial charge in [-0.3, -0.25) is 4.90 Å². The maximum Gasteiger partial charge on any atom is 0.0589 e. The van der Waals surface area contributed by atoms with Crippen LogP contribution in [0.2, 0.25) is 0 Å². The van der Waals surface area contributed by atoms with Gasteiger partial charge in [0, 0.05) is 42.5 Å². The van der Waals surface area contributed by atoms with Crippen molar-refractivity contribution in [1.29, 1.82) is 0 Å². The molecule has 3 nitrogen and oxygen atoms in total. The first-order valence-corrected chi connectivity index (χ1v) is 8.01. The first-order chi connectivity index (χ1) is 9.24. The van der Waals surface area contributed by atoms with E-state index >= 15 is 0 Å². The molecule has 0 saturated heterocycles. The van der Waals surface area contributed by atoms with Gasteiger partial charge in [0.15, 0.2) is 0 Å². The van der Waals surface area contributed by atoms with Crippen molar-refractivity contribution in [3.8, 4) is 0 Å². The molecule has 1 heterocycles. The summed E-state index contributed by atoms with van der Waals surface area (Å²) in [6, 6.07) is 5.20. The number of thiophene rings is 1. The van der Waals surface area contributed by atoms with E-state index < -0.39 is 0 Å². The Hall–Kier alpha value is -0.420. The van der Waals surface area contributed by atoms with Gasteiger partial charge in [0.1, 0.15) is 0 Å². The van der Waals surface area contributed by atoms with Crippen molar-refractivity contribution in [1.82, 2.24) is 10.2 Å². The van der Waals surface area contributed by atoms with E-state index in [1.54, 1.807) is 7.11 Å². The number of rotatable bonds is 9. The van der Waals surface area contributed by atoms with Crippen molar-refractivity contribution in [3.63, 3.8) is 0 Å². The van der Waals surface area contributed by atoms with Gasteiger partial charge in [0.2, 0.25) is 0 Å². The van der Waals surface area contributed by atoms with Crippen LogP contribution in [0, 0.1) is 5.92 Å². The number of methoxy groups -OCH3 is 1. The van der Waals surface area contributed by atoms with Crippen LogP contribution in [0.1, 0.15) is 29.5 Å². The first kappa shape index (κ1) is 15.0. The predicted molar refractivity (Wildman–Crippen MR) is 81.6 cm³/mol. The van der Waals surface area contributed by atoms with Gasteiger partial charge >= 0.3 is 0 Å². The van der Waals surface area contributed by atoms with Crippen molar-refractivity contribution in [2.75, 3.05) is 27.3 Å². The van der Waals surface area contributed by atoms with Crippen molar-refractivity contribution in [3.05, 3.63) is 21.9 Å². The van der Waals surface area contributed by atoms with E-state index in [0.717, 1.165) is 32.2 Å². The van der Waals surface area contributed by atoms with Crippen LogP contribution in [0.4, 0.5) is 0 Å². The molecule has 1 aromatic heterocycles. The van der Waals surface area contributed by atoms with E-state index in [4.69, 9.17) is 4.74 Å². The summed E-state index contributed by atoms with van der Waals surface area (Å²) >= 11 is 1.92. The molecule has 2 rings (SSSR count). The van der Waals surface area contributed by atoms with E-state index in [2.05, 4.69) is 29.3 Å². The van der Waals surface area contributed by atoms with E-state index in [1.165, 1.54) is 22.6 Å². The van der Waals surface area contributed by atoms with Crippen molar-refractivity contribution < 1.29 is 4.74 Å². The topological polar surface area (TPSA) is 24.5 Å². The lowest BCUT2D eigenvalue weighted by molar-refractivity contribution is 0.112. The fourth-order valence-electron chi connectivity index (χ4n) is 2.49. The normalized spacial score (nSPS) is 17.1. The third kappa shape index (κ3) is 4.56. The van der Waals surface area contributed by atoms with Crippen LogP contribution < -0.4 is 5.32 Å². The van der Waals surface area contributed by atoms with E-state index in [9.17, 15) is 0 Å². The highest BCUT2D eigenvalue weighted by Crippen LogP contribution is 2.35. The SMILES string of the molecule is CNCc1ccc(CN(CCOC)C(C)C2CC2)s1. The van der Waals surface area contributed by atoms with Gasteiger partial charge < -0.3 is 10.1 Å². The maximum atomic E-state index is 5.26. The van der Waals surface area contributed by atoms with Crippen LogP contribution >= 0.6 is 11.3 Å². The summed E-state index contributed by atoms with van der Waals surface area (Å²) in [4.78, 5) is 5.47. The zero-order valence-corrected chi connectivity index (χ0v) is 13.1. The fraction of sp³-hybridized carbons (Fsp3) is 0.733. The van der Waals surface area contributed by atoms with Gasteiger partial charge in [-0.2, -0.15) is 0 Å². The number of nitrogens with zero attached hydrogens (tertiary/aromatic N) is 1. The number of nitrogens with one attached hydrogen (secondary N) is 1. The molecular weight excluding hydrogens is 256 g/mol. The molecule has 0 radical (unpaired) electrons. The molecule has 0 spiro atoms. The largest absolute Gasteiger partial charge is 0.383 e. The Morgan fingerprint density at radius 3 is 2.79 bits per heavy atom. The summed E-state index contributed by atoms with van der Waals surface area (Å²) < 4.78 is 5.26. The minimum atomic E-state index is 0.685. The Balaban J connectivity index is 1.92. The van der Waals surface area contributed by atoms with Crippen LogP contribution in [-0.2, 0) is 17.8 Å². The molecule has 1 unspecified atom stereocenters. The maximum absolute atomic E-state index is 5.26. The van der Waals surface area contributed by atoms with Gasteiger partial charge in [-0.05, 0) is 44.9 Å². The average molecular weight is 282 g/mol. The zero-order chi connectivity index (χ0) is 13.7. The average Bonchev–Trinajstić information content (AvgIpc) is 3.16. The molecule has 1 aromatic rings. The van der Waals surface area contributed by atoms with Gasteiger partial charge in [0.05, 0.1) is 6.61 Å². The number of hydrogen-bond acceptors (Lipinski definition) is 4. The second-order valence-electron chi connectivity index (χ2n) is 5.44. The summed E-state index contributed by atoms with van der Waals surface area (Å²) in [7, 11) is 3.79. The molecule has 4 heteroatoms. The summed E-state index contributed by atoms with van der Waals surface area (Å²) in [6.45, 7) is 6.27. The molecule has 0 aromatic carbocycles. The summed E-state index contributed by atoms with van der Waals surface area (Å²) in [5, 5.41) is 3.21. The first-order valence-electron chi connectivity index (χ1n) is 7.19.